The number of aliphatic hydroxyl groups is 1. The summed E-state index contributed by atoms with van der Waals surface area (Å²) in [6, 6.07) is 0. The quantitative estimate of drug-likeness (QED) is 0.0169. The van der Waals surface area contributed by atoms with Gasteiger partial charge in [0.25, 0.3) is 0 Å². The zero-order chi connectivity index (χ0) is 74.6. The minimum Gasteiger partial charge on any atom is -0.462 e. The van der Waals surface area contributed by atoms with Gasteiger partial charge in [-0.05, 0) is 154 Å². The molecule has 0 saturated heterocycles. The molecule has 0 aliphatic heterocycles. The number of hydrogen-bond acceptors (Lipinski definition) is 15. The molecule has 0 radical (unpaired) electrons. The second-order valence-corrected chi connectivity index (χ2v) is 29.2. The van der Waals surface area contributed by atoms with Crippen LogP contribution >= 0.6 is 15.6 Å². The average molecular weight is 1470 g/mol. The van der Waals surface area contributed by atoms with E-state index in [1.807, 2.05) is 24.3 Å². The monoisotopic (exact) mass is 1470 g/mol. The van der Waals surface area contributed by atoms with Gasteiger partial charge in [0.05, 0.1) is 26.4 Å². The van der Waals surface area contributed by atoms with Crippen LogP contribution in [0.15, 0.2) is 122 Å². The summed E-state index contributed by atoms with van der Waals surface area (Å²) in [5.74, 6) is -2.32. The number of ether oxygens (including phenoxy) is 4. The Morgan fingerprint density at radius 3 is 0.814 bits per heavy atom. The highest BCUT2D eigenvalue weighted by atomic mass is 31.2. The van der Waals surface area contributed by atoms with E-state index in [9.17, 15) is 43.2 Å². The van der Waals surface area contributed by atoms with E-state index in [0.717, 1.165) is 128 Å². The third-order valence-electron chi connectivity index (χ3n) is 16.4. The minimum absolute atomic E-state index is 0.0157. The van der Waals surface area contributed by atoms with Crippen molar-refractivity contribution in [3.8, 4) is 0 Å². The van der Waals surface area contributed by atoms with Crippen molar-refractivity contribution in [2.75, 3.05) is 39.6 Å². The molecule has 0 heterocycles. The lowest BCUT2D eigenvalue weighted by Gasteiger charge is -2.21. The van der Waals surface area contributed by atoms with Crippen molar-refractivity contribution < 1.29 is 80.2 Å². The van der Waals surface area contributed by atoms with E-state index in [1.54, 1.807) is 0 Å². The van der Waals surface area contributed by atoms with E-state index in [4.69, 9.17) is 37.0 Å². The van der Waals surface area contributed by atoms with Gasteiger partial charge in [-0.15, -0.1) is 0 Å². The first-order chi connectivity index (χ1) is 49.7. The molecular formula is C83H142O17P2. The molecule has 0 saturated carbocycles. The summed E-state index contributed by atoms with van der Waals surface area (Å²) in [4.78, 5) is 72.9. The molecule has 0 bridgehead atoms. The van der Waals surface area contributed by atoms with Crippen molar-refractivity contribution in [2.24, 2.45) is 0 Å². The molecule has 19 heteroatoms. The Morgan fingerprint density at radius 2 is 0.490 bits per heavy atom. The zero-order valence-corrected chi connectivity index (χ0v) is 65.8. The van der Waals surface area contributed by atoms with Crippen molar-refractivity contribution in [3.05, 3.63) is 122 Å². The molecule has 0 aromatic rings. The third kappa shape index (κ3) is 73.8. The maximum atomic E-state index is 13.1. The second-order valence-electron chi connectivity index (χ2n) is 26.3. The number of esters is 4. The maximum absolute atomic E-state index is 13.1. The third-order valence-corrected chi connectivity index (χ3v) is 18.3. The molecule has 5 atom stereocenters. The number of aliphatic hydroxyl groups excluding tert-OH is 1. The van der Waals surface area contributed by atoms with Gasteiger partial charge in [0.15, 0.2) is 12.2 Å². The summed E-state index contributed by atoms with van der Waals surface area (Å²) in [6.45, 7) is 4.66. The fourth-order valence-electron chi connectivity index (χ4n) is 10.3. The van der Waals surface area contributed by atoms with Gasteiger partial charge in [0.1, 0.15) is 19.3 Å². The Bertz CT molecular complexity index is 2410. The smallest absolute Gasteiger partial charge is 0.462 e. The summed E-state index contributed by atoms with van der Waals surface area (Å²) in [7, 11) is -9.99. The fraction of sp³-hybridized carbons (Fsp3) is 0.711. The van der Waals surface area contributed by atoms with E-state index in [-0.39, 0.29) is 25.7 Å². The normalized spacial score (nSPS) is 14.5. The Labute approximate surface area is 619 Å². The van der Waals surface area contributed by atoms with Gasteiger partial charge in [-0.25, -0.2) is 9.13 Å². The first-order valence-corrected chi connectivity index (χ1v) is 42.8. The fourth-order valence-corrected chi connectivity index (χ4v) is 11.8. The number of allylic oxidation sites excluding steroid dienone is 20. The van der Waals surface area contributed by atoms with Crippen LogP contribution in [0.25, 0.3) is 0 Å². The van der Waals surface area contributed by atoms with Gasteiger partial charge in [-0.3, -0.25) is 37.3 Å². The highest BCUT2D eigenvalue weighted by Gasteiger charge is 2.30. The molecule has 2 unspecified atom stereocenters. The van der Waals surface area contributed by atoms with Gasteiger partial charge in [-0.2, -0.15) is 0 Å². The largest absolute Gasteiger partial charge is 0.472 e. The lowest BCUT2D eigenvalue weighted by molar-refractivity contribution is -0.161. The number of rotatable bonds is 74. The van der Waals surface area contributed by atoms with Gasteiger partial charge >= 0.3 is 39.5 Å². The molecule has 0 rings (SSSR count). The standard InChI is InChI=1S/C83H142O17P2/c1-5-9-13-17-21-25-29-33-36-38-41-45-48-52-56-60-64-68-81(86)94-73-78(99-82(87)69-65-61-57-53-49-43-32-28-24-20-16-12-8-4)75-97-101(89,90)95-71-77(84)72-96-102(91,92)98-76-79(74-93-80(85)67-63-59-55-51-47-44-40-35-31-27-23-19-15-11-7-3)100-83(88)70-66-62-58-54-50-46-42-39-37-34-30-26-22-18-14-10-6-2/h21-22,25-28,31-34,36-37,41-42,45-46,52,54,56,58,77-79,84H,5-20,23-24,29-30,35,38-40,43-44,47-51,53,55,57,59-76H2,1-4H3,(H,89,90)(H,91,92)/b25-21-,26-22-,31-27-,32-28-,36-33-,37-34-,45-41-,46-42-,56-52-,58-54-/t77-,78-,79-/m1/s1. The van der Waals surface area contributed by atoms with Crippen LogP contribution in [0.3, 0.4) is 0 Å². The molecular weight excluding hydrogens is 1330 g/mol. The molecule has 0 spiro atoms. The molecule has 3 N–H and O–H groups in total. The summed E-state index contributed by atoms with van der Waals surface area (Å²) in [6.07, 6.45) is 81.9. The van der Waals surface area contributed by atoms with Crippen LogP contribution in [-0.2, 0) is 65.4 Å². The Morgan fingerprint density at radius 1 is 0.275 bits per heavy atom. The van der Waals surface area contributed by atoms with Crippen molar-refractivity contribution in [1.82, 2.24) is 0 Å². The Kier molecular flexibility index (Phi) is 71.4. The number of carbonyl (C=O) groups is 4. The minimum atomic E-state index is -5.00. The predicted octanol–water partition coefficient (Wildman–Crippen LogP) is 23.1. The summed E-state index contributed by atoms with van der Waals surface area (Å²) >= 11 is 0. The number of carbonyl (C=O) groups excluding carboxylic acids is 4. The predicted molar refractivity (Wildman–Crippen MR) is 418 cm³/mol. The van der Waals surface area contributed by atoms with E-state index >= 15 is 0 Å². The highest BCUT2D eigenvalue weighted by Crippen LogP contribution is 2.45. The van der Waals surface area contributed by atoms with Crippen LogP contribution in [0.1, 0.15) is 323 Å². The Hall–Kier alpha value is -4.54. The Balaban J connectivity index is 5.45. The SMILES string of the molecule is CCCCC/C=C\C/C=C\C/C=C\C/C=C\CCCC(=O)OC[C@H](COP(=O)(O)OC[C@@H](O)COP(=O)(O)OC[C@@H](COC(=O)CCCCCCCCC/C=C\CCCCCC)OC(=O)CCC/C=C\C/C=C\C/C=C\C/C=C\CCCCC)OC(=O)CCCCCCC/C=C\CCCCCC. The van der Waals surface area contributed by atoms with E-state index in [0.29, 0.717) is 38.5 Å². The van der Waals surface area contributed by atoms with E-state index < -0.39 is 97.5 Å². The van der Waals surface area contributed by atoms with Gasteiger partial charge in [0, 0.05) is 25.7 Å². The van der Waals surface area contributed by atoms with Crippen LogP contribution in [-0.4, -0.2) is 96.7 Å². The molecule has 0 amide bonds. The summed E-state index contributed by atoms with van der Waals surface area (Å²) in [5, 5.41) is 10.6. The van der Waals surface area contributed by atoms with Crippen LogP contribution in [0.5, 0.6) is 0 Å². The van der Waals surface area contributed by atoms with Crippen LogP contribution in [0.4, 0.5) is 0 Å². The molecule has 102 heavy (non-hydrogen) atoms. The summed E-state index contributed by atoms with van der Waals surface area (Å²) in [5.41, 5.74) is 0. The van der Waals surface area contributed by atoms with E-state index in [1.165, 1.54) is 103 Å². The number of unbranched alkanes of at least 4 members (excludes halogenated alkanes) is 28. The number of hydrogen-bond donors (Lipinski definition) is 3. The van der Waals surface area contributed by atoms with Gasteiger partial charge in [0.2, 0.25) is 0 Å². The molecule has 0 aliphatic carbocycles. The lowest BCUT2D eigenvalue weighted by Crippen LogP contribution is -2.30. The molecule has 17 nitrogen and oxygen atoms in total. The molecule has 0 aliphatic rings. The number of phosphoric ester groups is 2. The lowest BCUT2D eigenvalue weighted by atomic mass is 10.1. The maximum Gasteiger partial charge on any atom is 0.472 e. The van der Waals surface area contributed by atoms with Crippen molar-refractivity contribution in [3.63, 3.8) is 0 Å². The van der Waals surface area contributed by atoms with Crippen LogP contribution in [0, 0.1) is 0 Å². The van der Waals surface area contributed by atoms with Crippen LogP contribution < -0.4 is 0 Å². The summed E-state index contributed by atoms with van der Waals surface area (Å²) < 4.78 is 68.4. The molecule has 586 valence electrons. The van der Waals surface area contributed by atoms with Crippen molar-refractivity contribution in [1.29, 1.82) is 0 Å². The highest BCUT2D eigenvalue weighted by molar-refractivity contribution is 7.47. The van der Waals surface area contributed by atoms with E-state index in [2.05, 4.69) is 125 Å². The number of phosphoric acid groups is 2. The van der Waals surface area contributed by atoms with Crippen molar-refractivity contribution in [2.45, 2.75) is 341 Å². The molecule has 0 aromatic heterocycles. The van der Waals surface area contributed by atoms with Gasteiger partial charge < -0.3 is 33.8 Å². The van der Waals surface area contributed by atoms with Crippen molar-refractivity contribution >= 4 is 39.5 Å². The van der Waals surface area contributed by atoms with Gasteiger partial charge in [-0.1, -0.05) is 265 Å². The first-order valence-electron chi connectivity index (χ1n) is 39.8. The zero-order valence-electron chi connectivity index (χ0n) is 64.0. The molecule has 0 fully saturated rings. The topological polar surface area (TPSA) is 237 Å². The average Bonchev–Trinajstić information content (AvgIpc) is 0.909. The molecule has 0 aromatic carbocycles. The first kappa shape index (κ1) is 97.5. The van der Waals surface area contributed by atoms with Crippen LogP contribution in [0.2, 0.25) is 0 Å². The second kappa shape index (κ2) is 74.7.